The lowest BCUT2D eigenvalue weighted by atomic mass is 9.95. The SMILES string of the molecule is COC(=O)C(O)c1c(-c2ccc3c(c2)CCCO3)c(-c2ccc(Cl)s2)nn1C. The first-order valence-electron chi connectivity index (χ1n) is 8.84. The summed E-state index contributed by atoms with van der Waals surface area (Å²) in [6.07, 6.45) is 0.418. The number of hydrogen-bond acceptors (Lipinski definition) is 6. The molecule has 0 saturated heterocycles. The van der Waals surface area contributed by atoms with Crippen LogP contribution in [0.2, 0.25) is 4.34 Å². The van der Waals surface area contributed by atoms with E-state index in [-0.39, 0.29) is 0 Å². The third-order valence-electron chi connectivity index (χ3n) is 4.78. The monoisotopic (exact) mass is 418 g/mol. The van der Waals surface area contributed by atoms with E-state index in [2.05, 4.69) is 5.10 Å². The van der Waals surface area contributed by atoms with E-state index >= 15 is 0 Å². The molecule has 1 unspecified atom stereocenters. The molecule has 2 aromatic heterocycles. The second-order valence-corrected chi connectivity index (χ2v) is 8.25. The van der Waals surface area contributed by atoms with Crippen molar-refractivity contribution in [1.82, 2.24) is 9.78 Å². The van der Waals surface area contributed by atoms with E-state index in [0.29, 0.717) is 27.9 Å². The molecule has 1 aromatic carbocycles. The van der Waals surface area contributed by atoms with Crippen LogP contribution in [0.3, 0.4) is 0 Å². The van der Waals surface area contributed by atoms with Gasteiger partial charge in [-0.05, 0) is 48.2 Å². The number of aromatic nitrogens is 2. The summed E-state index contributed by atoms with van der Waals surface area (Å²) in [5, 5.41) is 15.2. The first-order chi connectivity index (χ1) is 13.5. The predicted molar refractivity (Wildman–Crippen MR) is 108 cm³/mol. The maximum absolute atomic E-state index is 12.1. The summed E-state index contributed by atoms with van der Waals surface area (Å²) >= 11 is 7.52. The zero-order valence-electron chi connectivity index (χ0n) is 15.4. The maximum atomic E-state index is 12.1. The Balaban J connectivity index is 1.93. The smallest absolute Gasteiger partial charge is 0.341 e. The lowest BCUT2D eigenvalue weighted by Gasteiger charge is -2.19. The van der Waals surface area contributed by atoms with Crippen molar-refractivity contribution in [3.05, 3.63) is 45.9 Å². The van der Waals surface area contributed by atoms with Crippen LogP contribution in [-0.2, 0) is 23.0 Å². The molecule has 6 nitrogen and oxygen atoms in total. The van der Waals surface area contributed by atoms with Gasteiger partial charge in [-0.2, -0.15) is 5.10 Å². The Bertz CT molecular complexity index is 1040. The lowest BCUT2D eigenvalue weighted by Crippen LogP contribution is -2.17. The molecule has 1 atom stereocenters. The minimum atomic E-state index is -1.45. The molecule has 4 rings (SSSR count). The number of nitrogens with zero attached hydrogens (tertiary/aromatic N) is 2. The van der Waals surface area contributed by atoms with Crippen molar-refractivity contribution in [3.8, 4) is 27.4 Å². The molecule has 1 aliphatic heterocycles. The molecule has 0 fully saturated rings. The van der Waals surface area contributed by atoms with Crippen molar-refractivity contribution < 1.29 is 19.4 Å². The lowest BCUT2D eigenvalue weighted by molar-refractivity contribution is -0.151. The Hall–Kier alpha value is -2.35. The normalized spacial score (nSPS) is 14.3. The van der Waals surface area contributed by atoms with Crippen molar-refractivity contribution in [2.75, 3.05) is 13.7 Å². The summed E-state index contributed by atoms with van der Waals surface area (Å²) in [5.41, 5.74) is 3.68. The number of carbonyl (C=O) groups excluding carboxylic acids is 1. The predicted octanol–water partition coefficient (Wildman–Crippen LogP) is 4.00. The van der Waals surface area contributed by atoms with Gasteiger partial charge in [0.2, 0.25) is 0 Å². The van der Waals surface area contributed by atoms with Crippen molar-refractivity contribution in [2.45, 2.75) is 18.9 Å². The van der Waals surface area contributed by atoms with Crippen molar-refractivity contribution in [2.24, 2.45) is 7.05 Å². The van der Waals surface area contributed by atoms with Crippen LogP contribution in [0.25, 0.3) is 21.7 Å². The quantitative estimate of drug-likeness (QED) is 0.648. The van der Waals surface area contributed by atoms with Crippen LogP contribution < -0.4 is 4.74 Å². The molecule has 28 heavy (non-hydrogen) atoms. The van der Waals surface area contributed by atoms with Crippen LogP contribution in [0.5, 0.6) is 5.75 Å². The number of thiophene rings is 1. The number of hydrogen-bond donors (Lipinski definition) is 1. The summed E-state index contributed by atoms with van der Waals surface area (Å²) in [5.74, 6) is 0.135. The fourth-order valence-corrected chi connectivity index (χ4v) is 4.52. The maximum Gasteiger partial charge on any atom is 0.341 e. The molecule has 3 aromatic rings. The van der Waals surface area contributed by atoms with Gasteiger partial charge in [0.25, 0.3) is 0 Å². The second-order valence-electron chi connectivity index (χ2n) is 6.54. The molecule has 3 heterocycles. The Labute approximate surface area is 171 Å². The number of ether oxygens (including phenoxy) is 2. The molecule has 0 saturated carbocycles. The summed E-state index contributed by atoms with van der Waals surface area (Å²) < 4.78 is 12.6. The largest absolute Gasteiger partial charge is 0.493 e. The minimum Gasteiger partial charge on any atom is -0.493 e. The van der Waals surface area contributed by atoms with Crippen molar-refractivity contribution >= 4 is 28.9 Å². The average molecular weight is 419 g/mol. The van der Waals surface area contributed by atoms with E-state index in [0.717, 1.165) is 34.6 Å². The highest BCUT2D eigenvalue weighted by Gasteiger charge is 2.30. The standard InChI is InChI=1S/C20H19ClN2O4S/c1-23-18(19(24)20(25)26-2)16(17(22-23)14-7-8-15(21)28-14)12-5-6-13-11(10-12)4-3-9-27-13/h5-8,10,19,24H,3-4,9H2,1-2H3. The highest BCUT2D eigenvalue weighted by Crippen LogP contribution is 2.42. The van der Waals surface area contributed by atoms with Crippen LogP contribution in [0, 0.1) is 0 Å². The third kappa shape index (κ3) is 3.30. The molecule has 8 heteroatoms. The molecule has 0 spiro atoms. The molecule has 0 aliphatic carbocycles. The van der Waals surface area contributed by atoms with Gasteiger partial charge in [0.1, 0.15) is 11.4 Å². The molecule has 0 radical (unpaired) electrons. The van der Waals surface area contributed by atoms with Gasteiger partial charge in [0, 0.05) is 12.6 Å². The molecule has 1 N–H and O–H groups in total. The van der Waals surface area contributed by atoms with Crippen LogP contribution >= 0.6 is 22.9 Å². The Morgan fingerprint density at radius 2 is 2.21 bits per heavy atom. The van der Waals surface area contributed by atoms with Gasteiger partial charge in [-0.1, -0.05) is 17.7 Å². The number of halogens is 1. The number of benzene rings is 1. The van der Waals surface area contributed by atoms with Gasteiger partial charge in [-0.3, -0.25) is 4.68 Å². The number of rotatable bonds is 4. The molecular weight excluding hydrogens is 400 g/mol. The van der Waals surface area contributed by atoms with E-state index in [4.69, 9.17) is 21.1 Å². The number of aliphatic hydroxyl groups is 1. The van der Waals surface area contributed by atoms with Gasteiger partial charge in [-0.25, -0.2) is 4.79 Å². The third-order valence-corrected chi connectivity index (χ3v) is 6.02. The number of fused-ring (bicyclic) bond motifs is 1. The fourth-order valence-electron chi connectivity index (χ4n) is 3.49. The summed E-state index contributed by atoms with van der Waals surface area (Å²) in [6, 6.07) is 9.58. The molecule has 0 bridgehead atoms. The van der Waals surface area contributed by atoms with Crippen LogP contribution in [-0.4, -0.2) is 34.6 Å². The molecule has 146 valence electrons. The zero-order chi connectivity index (χ0) is 19.8. The highest BCUT2D eigenvalue weighted by molar-refractivity contribution is 7.19. The number of carbonyl (C=O) groups is 1. The van der Waals surface area contributed by atoms with E-state index in [1.165, 1.54) is 23.1 Å². The van der Waals surface area contributed by atoms with Crippen LogP contribution in [0.1, 0.15) is 23.8 Å². The van der Waals surface area contributed by atoms with E-state index in [1.807, 2.05) is 24.3 Å². The van der Waals surface area contributed by atoms with Gasteiger partial charge in [0.15, 0.2) is 6.10 Å². The van der Waals surface area contributed by atoms with E-state index in [1.54, 1.807) is 13.1 Å². The fraction of sp³-hybridized carbons (Fsp3) is 0.300. The number of methoxy groups -OCH3 is 1. The topological polar surface area (TPSA) is 73.6 Å². The molecule has 1 aliphatic rings. The number of aryl methyl sites for hydroxylation is 2. The number of aliphatic hydroxyl groups excluding tert-OH is 1. The second kappa shape index (κ2) is 7.58. The summed E-state index contributed by atoms with van der Waals surface area (Å²) in [6.45, 7) is 0.713. The van der Waals surface area contributed by atoms with Gasteiger partial charge < -0.3 is 14.6 Å². The first-order valence-corrected chi connectivity index (χ1v) is 10.0. The average Bonchev–Trinajstić information content (AvgIpc) is 3.29. The van der Waals surface area contributed by atoms with Crippen molar-refractivity contribution in [1.29, 1.82) is 0 Å². The Morgan fingerprint density at radius 3 is 2.93 bits per heavy atom. The summed E-state index contributed by atoms with van der Waals surface area (Å²) in [7, 11) is 2.95. The number of esters is 1. The zero-order valence-corrected chi connectivity index (χ0v) is 17.0. The van der Waals surface area contributed by atoms with E-state index < -0.39 is 12.1 Å². The van der Waals surface area contributed by atoms with Crippen molar-refractivity contribution in [3.63, 3.8) is 0 Å². The Morgan fingerprint density at radius 1 is 1.39 bits per heavy atom. The molecule has 0 amide bonds. The van der Waals surface area contributed by atoms with Gasteiger partial charge in [-0.15, -0.1) is 11.3 Å². The van der Waals surface area contributed by atoms with Crippen LogP contribution in [0.4, 0.5) is 0 Å². The van der Waals surface area contributed by atoms with Gasteiger partial charge in [0.05, 0.1) is 28.6 Å². The first kappa shape index (κ1) is 19.0. The van der Waals surface area contributed by atoms with E-state index in [9.17, 15) is 9.90 Å². The highest BCUT2D eigenvalue weighted by atomic mass is 35.5. The summed E-state index contributed by atoms with van der Waals surface area (Å²) in [4.78, 5) is 12.9. The minimum absolute atomic E-state index is 0.378. The molecular formula is C20H19ClN2O4S. The van der Waals surface area contributed by atoms with Crippen LogP contribution in [0.15, 0.2) is 30.3 Å². The Kier molecular flexibility index (Phi) is 5.14. The van der Waals surface area contributed by atoms with Gasteiger partial charge >= 0.3 is 5.97 Å².